The average molecular weight is 387 g/mol. The number of nitrogens with two attached hydrogens (primary N) is 1. The zero-order chi connectivity index (χ0) is 15.2. The number of carbonyl (C=O) groups is 1. The third-order valence-corrected chi connectivity index (χ3v) is 4.34. The molecule has 1 rings (SSSR count). The van der Waals surface area contributed by atoms with Crippen LogP contribution in [0.15, 0.2) is 29.2 Å². The maximum Gasteiger partial charge on any atom is 0.236 e. The number of benzene rings is 1. The van der Waals surface area contributed by atoms with Gasteiger partial charge in [0.15, 0.2) is 0 Å². The molecule has 3 N–H and O–H groups in total. The van der Waals surface area contributed by atoms with E-state index in [1.165, 1.54) is 24.3 Å². The van der Waals surface area contributed by atoms with Gasteiger partial charge in [-0.1, -0.05) is 13.8 Å². The Morgan fingerprint density at radius 3 is 2.43 bits per heavy atom. The van der Waals surface area contributed by atoms with E-state index >= 15 is 0 Å². The third kappa shape index (κ3) is 6.53. The number of amides is 1. The van der Waals surface area contributed by atoms with Crippen molar-refractivity contribution in [3.8, 4) is 0 Å². The summed E-state index contributed by atoms with van der Waals surface area (Å²) in [5.41, 5.74) is 5.22. The molecular weight excluding hydrogens is 367 g/mol. The van der Waals surface area contributed by atoms with Crippen LogP contribution in [-0.4, -0.2) is 38.4 Å². The molecule has 1 amide bonds. The molecule has 1 radical (unpaired) electrons. The van der Waals surface area contributed by atoms with Crippen molar-refractivity contribution in [1.82, 2.24) is 9.62 Å². The van der Waals surface area contributed by atoms with Gasteiger partial charge in [0.25, 0.3) is 0 Å². The van der Waals surface area contributed by atoms with E-state index in [4.69, 9.17) is 5.73 Å². The monoisotopic (exact) mass is 387 g/mol. The fourth-order valence-corrected chi connectivity index (χ4v) is 3.24. The molecule has 8 heteroatoms. The molecule has 115 valence electrons. The van der Waals surface area contributed by atoms with Crippen LogP contribution in [0.2, 0.25) is 0 Å². The zero-order valence-corrected chi connectivity index (χ0v) is 15.9. The van der Waals surface area contributed by atoms with Gasteiger partial charge in [0.2, 0.25) is 15.9 Å². The van der Waals surface area contributed by atoms with Gasteiger partial charge in [0, 0.05) is 39.3 Å². The smallest absolute Gasteiger partial charge is 0.236 e. The van der Waals surface area contributed by atoms with Gasteiger partial charge < -0.3 is 11.1 Å². The molecule has 0 fully saturated rings. The van der Waals surface area contributed by atoms with Crippen LogP contribution in [0.3, 0.4) is 0 Å². The fraction of sp³-hybridized carbons (Fsp3) is 0.462. The van der Waals surface area contributed by atoms with Crippen LogP contribution >= 0.6 is 0 Å². The van der Waals surface area contributed by atoms with Crippen LogP contribution in [0.1, 0.15) is 13.8 Å². The first kappa shape index (κ1) is 20.7. The third-order valence-electron chi connectivity index (χ3n) is 2.51. The van der Waals surface area contributed by atoms with Crippen LogP contribution in [0.4, 0.5) is 0 Å². The molecule has 0 spiro atoms. The number of hydrogen-bond donors (Lipinski definition) is 2. The molecule has 21 heavy (non-hydrogen) atoms. The van der Waals surface area contributed by atoms with E-state index in [1.807, 2.05) is 13.8 Å². The topological polar surface area (TPSA) is 92.5 Å². The summed E-state index contributed by atoms with van der Waals surface area (Å²) in [5.74, 6) is -0.315. The Morgan fingerprint density at radius 2 is 1.95 bits per heavy atom. The van der Waals surface area contributed by atoms with E-state index in [9.17, 15) is 13.2 Å². The van der Waals surface area contributed by atoms with Gasteiger partial charge in [-0.15, -0.1) is 0 Å². The molecular formula is C13H20N3O3SY-. The minimum atomic E-state index is -3.70. The normalized spacial score (nSPS) is 11.3. The molecule has 0 atom stereocenters. The van der Waals surface area contributed by atoms with Crippen molar-refractivity contribution in [2.24, 2.45) is 11.7 Å². The van der Waals surface area contributed by atoms with Gasteiger partial charge in [-0.2, -0.15) is 34.6 Å². The maximum atomic E-state index is 12.5. The minimum Gasteiger partial charge on any atom is -0.343 e. The molecule has 0 saturated carbocycles. The van der Waals surface area contributed by atoms with Gasteiger partial charge >= 0.3 is 0 Å². The molecule has 1 aromatic rings. The Kier molecular flexibility index (Phi) is 9.48. The van der Waals surface area contributed by atoms with E-state index in [-0.39, 0.29) is 63.3 Å². The molecule has 0 bridgehead atoms. The Bertz CT molecular complexity index is 535. The Hall–Kier alpha value is -0.336. The van der Waals surface area contributed by atoms with Crippen molar-refractivity contribution in [2.75, 3.05) is 19.8 Å². The second-order valence-electron chi connectivity index (χ2n) is 4.73. The quantitative estimate of drug-likeness (QED) is 0.515. The van der Waals surface area contributed by atoms with E-state index in [0.29, 0.717) is 0 Å². The van der Waals surface area contributed by atoms with Gasteiger partial charge in [-0.25, -0.2) is 8.42 Å². The van der Waals surface area contributed by atoms with E-state index in [2.05, 4.69) is 11.4 Å². The Labute approximate surface area is 151 Å². The molecule has 0 aliphatic rings. The first-order valence-electron chi connectivity index (χ1n) is 6.31. The van der Waals surface area contributed by atoms with Crippen molar-refractivity contribution >= 4 is 15.9 Å². The molecule has 1 aromatic carbocycles. The molecule has 0 saturated heterocycles. The van der Waals surface area contributed by atoms with Crippen molar-refractivity contribution in [2.45, 2.75) is 18.7 Å². The van der Waals surface area contributed by atoms with Crippen molar-refractivity contribution in [3.05, 3.63) is 30.3 Å². The van der Waals surface area contributed by atoms with E-state index in [1.54, 1.807) is 0 Å². The van der Waals surface area contributed by atoms with E-state index in [0.717, 1.165) is 4.31 Å². The van der Waals surface area contributed by atoms with Crippen LogP contribution in [-0.2, 0) is 47.5 Å². The molecule has 6 nitrogen and oxygen atoms in total. The van der Waals surface area contributed by atoms with Crippen LogP contribution in [0, 0.1) is 12.0 Å². The maximum absolute atomic E-state index is 12.5. The molecule has 0 aliphatic carbocycles. The first-order chi connectivity index (χ1) is 9.37. The second kappa shape index (κ2) is 9.63. The summed E-state index contributed by atoms with van der Waals surface area (Å²) in [5, 5.41) is 2.40. The summed E-state index contributed by atoms with van der Waals surface area (Å²) in [6.07, 6.45) is 0. The second-order valence-corrected chi connectivity index (χ2v) is 6.67. The van der Waals surface area contributed by atoms with Crippen LogP contribution in [0.5, 0.6) is 0 Å². The minimum absolute atomic E-state index is 0. The van der Waals surface area contributed by atoms with E-state index < -0.39 is 15.9 Å². The first-order valence-corrected chi connectivity index (χ1v) is 7.75. The summed E-state index contributed by atoms with van der Waals surface area (Å²) in [4.78, 5) is 11.8. The Morgan fingerprint density at radius 1 is 1.38 bits per heavy atom. The number of nitrogens with one attached hydrogen (secondary N) is 1. The number of sulfonamides is 1. The predicted octanol–water partition coefficient (Wildman–Crippen LogP) is 0.163. The van der Waals surface area contributed by atoms with Crippen molar-refractivity contribution in [1.29, 1.82) is 0 Å². The standard InChI is InChI=1S/C13H20N3O3S.Y/c1-11(2)8-16(9-13(17)15-10-14)20(18,19)12-6-4-3-5-7-12;/h4-7,11H,8-10,14H2,1-2H3,(H,15,17);/q-1;. The average Bonchev–Trinajstić information content (AvgIpc) is 2.38. The van der Waals surface area contributed by atoms with Crippen molar-refractivity contribution in [3.63, 3.8) is 0 Å². The SMILES string of the molecule is CC(C)CN(CC(=O)NCN)S(=O)(=O)c1cc[c-]cc1.[Y]. The number of nitrogens with zero attached hydrogens (tertiary/aromatic N) is 1. The summed E-state index contributed by atoms with van der Waals surface area (Å²) < 4.78 is 26.2. The van der Waals surface area contributed by atoms with Gasteiger partial charge in [0.05, 0.1) is 13.2 Å². The molecule has 0 unspecified atom stereocenters. The number of rotatable bonds is 7. The largest absolute Gasteiger partial charge is 0.343 e. The zero-order valence-electron chi connectivity index (χ0n) is 12.2. The van der Waals surface area contributed by atoms with Crippen molar-refractivity contribution < 1.29 is 45.9 Å². The van der Waals surface area contributed by atoms with Gasteiger partial charge in [-0.05, 0) is 10.8 Å². The summed E-state index contributed by atoms with van der Waals surface area (Å²) in [7, 11) is -3.70. The molecule has 0 heterocycles. The number of hydrogen-bond acceptors (Lipinski definition) is 4. The fourth-order valence-electron chi connectivity index (χ4n) is 1.68. The summed E-state index contributed by atoms with van der Waals surface area (Å²) in [6.45, 7) is 3.79. The van der Waals surface area contributed by atoms with Gasteiger partial charge in [-0.3, -0.25) is 4.79 Å². The molecule has 0 aliphatic heterocycles. The summed E-state index contributed by atoms with van der Waals surface area (Å²) >= 11 is 0. The number of carbonyl (C=O) groups excluding carboxylic acids is 1. The predicted molar refractivity (Wildman–Crippen MR) is 76.1 cm³/mol. The molecule has 0 aromatic heterocycles. The van der Waals surface area contributed by atoms with Crippen LogP contribution in [0.25, 0.3) is 0 Å². The van der Waals surface area contributed by atoms with Crippen LogP contribution < -0.4 is 11.1 Å². The Balaban J connectivity index is 0.00000400. The summed E-state index contributed by atoms with van der Waals surface area (Å²) in [6, 6.07) is 8.75. The van der Waals surface area contributed by atoms with Gasteiger partial charge in [0.1, 0.15) is 0 Å².